The first kappa shape index (κ1) is 22.3. The summed E-state index contributed by atoms with van der Waals surface area (Å²) in [5.74, 6) is -5.03. The standard InChI is InChI=1S/C20H21F3N2O4S/c1-12-4-6-25(7-5-12)30(28,29)18-8-13(2-3-14(18)11-26)20(27)24-15-9-16(21)19(23)17(22)10-15/h2-3,8-10,12,26H,4-7,11H2,1H3,(H,24,27). The Labute approximate surface area is 172 Å². The topological polar surface area (TPSA) is 86.7 Å². The number of piperidine rings is 1. The molecule has 2 aromatic carbocycles. The van der Waals surface area contributed by atoms with Crippen LogP contribution in [-0.2, 0) is 16.6 Å². The zero-order valence-electron chi connectivity index (χ0n) is 16.2. The fourth-order valence-electron chi connectivity index (χ4n) is 3.26. The van der Waals surface area contributed by atoms with Crippen molar-refractivity contribution in [1.82, 2.24) is 4.31 Å². The summed E-state index contributed by atoms with van der Waals surface area (Å²) in [4.78, 5) is 12.3. The highest BCUT2D eigenvalue weighted by molar-refractivity contribution is 7.89. The number of nitrogens with zero attached hydrogens (tertiary/aromatic N) is 1. The normalized spacial score (nSPS) is 15.9. The Hall–Kier alpha value is -2.43. The molecule has 0 aromatic heterocycles. The van der Waals surface area contributed by atoms with Crippen molar-refractivity contribution >= 4 is 21.6 Å². The molecule has 10 heteroatoms. The number of sulfonamides is 1. The van der Waals surface area contributed by atoms with E-state index in [1.54, 1.807) is 0 Å². The molecule has 0 atom stereocenters. The van der Waals surface area contributed by atoms with Gasteiger partial charge in [0.15, 0.2) is 17.5 Å². The second-order valence-electron chi connectivity index (χ2n) is 7.28. The molecule has 0 aliphatic carbocycles. The molecule has 2 aromatic rings. The van der Waals surface area contributed by atoms with Crippen LogP contribution in [0.4, 0.5) is 18.9 Å². The number of nitrogens with one attached hydrogen (secondary N) is 1. The summed E-state index contributed by atoms with van der Waals surface area (Å²) < 4.78 is 67.3. The second-order valence-corrected chi connectivity index (χ2v) is 9.18. The smallest absolute Gasteiger partial charge is 0.255 e. The third-order valence-corrected chi connectivity index (χ3v) is 7.08. The molecule has 6 nitrogen and oxygen atoms in total. The Bertz CT molecular complexity index is 1040. The number of carbonyl (C=O) groups is 1. The molecule has 0 saturated carbocycles. The minimum atomic E-state index is -3.95. The number of carbonyl (C=O) groups excluding carboxylic acids is 1. The maximum Gasteiger partial charge on any atom is 0.255 e. The molecule has 0 unspecified atom stereocenters. The third-order valence-electron chi connectivity index (χ3n) is 5.10. The van der Waals surface area contributed by atoms with Gasteiger partial charge in [0.1, 0.15) is 0 Å². The zero-order valence-corrected chi connectivity index (χ0v) is 17.0. The van der Waals surface area contributed by atoms with Crippen molar-refractivity contribution in [1.29, 1.82) is 0 Å². The molecule has 1 amide bonds. The zero-order chi connectivity index (χ0) is 22.1. The monoisotopic (exact) mass is 442 g/mol. The van der Waals surface area contributed by atoms with Crippen LogP contribution in [0, 0.1) is 23.4 Å². The average Bonchev–Trinajstić information content (AvgIpc) is 2.71. The molecular weight excluding hydrogens is 421 g/mol. The van der Waals surface area contributed by atoms with Gasteiger partial charge in [-0.25, -0.2) is 21.6 Å². The van der Waals surface area contributed by atoms with Crippen LogP contribution >= 0.6 is 0 Å². The Balaban J connectivity index is 1.91. The molecular formula is C20H21F3N2O4S. The number of hydrogen-bond acceptors (Lipinski definition) is 4. The Morgan fingerprint density at radius 1 is 1.13 bits per heavy atom. The van der Waals surface area contributed by atoms with Crippen LogP contribution in [0.15, 0.2) is 35.2 Å². The molecule has 0 bridgehead atoms. The predicted octanol–water partition coefficient (Wildman–Crippen LogP) is 3.27. The van der Waals surface area contributed by atoms with E-state index in [0.29, 0.717) is 44.0 Å². The van der Waals surface area contributed by atoms with E-state index >= 15 is 0 Å². The van der Waals surface area contributed by atoms with Gasteiger partial charge in [0, 0.05) is 36.5 Å². The van der Waals surface area contributed by atoms with Gasteiger partial charge in [0.2, 0.25) is 10.0 Å². The van der Waals surface area contributed by atoms with Crippen molar-refractivity contribution in [2.24, 2.45) is 5.92 Å². The van der Waals surface area contributed by atoms with Crippen molar-refractivity contribution in [3.63, 3.8) is 0 Å². The average molecular weight is 442 g/mol. The van der Waals surface area contributed by atoms with Gasteiger partial charge in [-0.2, -0.15) is 4.31 Å². The first-order chi connectivity index (χ1) is 14.1. The van der Waals surface area contributed by atoms with Gasteiger partial charge < -0.3 is 10.4 Å². The summed E-state index contributed by atoms with van der Waals surface area (Å²) in [5, 5.41) is 11.8. The van der Waals surface area contributed by atoms with Gasteiger partial charge in [0.05, 0.1) is 11.5 Å². The van der Waals surface area contributed by atoms with Gasteiger partial charge in [-0.05, 0) is 36.5 Å². The first-order valence-corrected chi connectivity index (χ1v) is 10.8. The van der Waals surface area contributed by atoms with E-state index in [0.717, 1.165) is 6.07 Å². The number of aliphatic hydroxyl groups excluding tert-OH is 1. The largest absolute Gasteiger partial charge is 0.392 e. The van der Waals surface area contributed by atoms with Crippen LogP contribution in [-0.4, -0.2) is 36.8 Å². The molecule has 30 heavy (non-hydrogen) atoms. The minimum Gasteiger partial charge on any atom is -0.392 e. The van der Waals surface area contributed by atoms with E-state index in [9.17, 15) is 31.5 Å². The quantitative estimate of drug-likeness (QED) is 0.696. The summed E-state index contributed by atoms with van der Waals surface area (Å²) in [7, 11) is -3.95. The van der Waals surface area contributed by atoms with E-state index in [-0.39, 0.29) is 21.7 Å². The van der Waals surface area contributed by atoms with E-state index in [4.69, 9.17) is 0 Å². The van der Waals surface area contributed by atoms with Crippen molar-refractivity contribution in [2.75, 3.05) is 18.4 Å². The highest BCUT2D eigenvalue weighted by Crippen LogP contribution is 2.27. The van der Waals surface area contributed by atoms with E-state index in [1.807, 2.05) is 6.92 Å². The fourth-order valence-corrected chi connectivity index (χ4v) is 4.97. The lowest BCUT2D eigenvalue weighted by Gasteiger charge is -2.30. The minimum absolute atomic E-state index is 0.0960. The summed E-state index contributed by atoms with van der Waals surface area (Å²) in [6.45, 7) is 2.15. The van der Waals surface area contributed by atoms with Crippen LogP contribution in [0.3, 0.4) is 0 Å². The van der Waals surface area contributed by atoms with Gasteiger partial charge in [-0.3, -0.25) is 4.79 Å². The molecule has 1 aliphatic rings. The fraction of sp³-hybridized carbons (Fsp3) is 0.350. The number of halogens is 3. The van der Waals surface area contributed by atoms with Crippen molar-refractivity contribution in [3.8, 4) is 0 Å². The molecule has 0 radical (unpaired) electrons. The van der Waals surface area contributed by atoms with Gasteiger partial charge >= 0.3 is 0 Å². The first-order valence-electron chi connectivity index (χ1n) is 9.33. The lowest BCUT2D eigenvalue weighted by molar-refractivity contribution is 0.102. The van der Waals surface area contributed by atoms with E-state index in [2.05, 4.69) is 5.32 Å². The number of amides is 1. The number of anilines is 1. The molecule has 1 aliphatic heterocycles. The number of rotatable bonds is 5. The van der Waals surface area contributed by atoms with Crippen LogP contribution in [0.25, 0.3) is 0 Å². The molecule has 0 spiro atoms. The van der Waals surface area contributed by atoms with E-state index in [1.165, 1.54) is 16.4 Å². The van der Waals surface area contributed by atoms with Crippen LogP contribution in [0.1, 0.15) is 35.7 Å². The van der Waals surface area contributed by atoms with Gasteiger partial charge in [-0.15, -0.1) is 0 Å². The van der Waals surface area contributed by atoms with Crippen molar-refractivity contribution in [2.45, 2.75) is 31.3 Å². The number of benzene rings is 2. The van der Waals surface area contributed by atoms with Crippen LogP contribution < -0.4 is 5.32 Å². The third kappa shape index (κ3) is 4.50. The maximum atomic E-state index is 13.4. The maximum absolute atomic E-state index is 13.4. The lowest BCUT2D eigenvalue weighted by Crippen LogP contribution is -2.38. The molecule has 1 heterocycles. The highest BCUT2D eigenvalue weighted by Gasteiger charge is 2.30. The second kappa shape index (κ2) is 8.75. The summed E-state index contributed by atoms with van der Waals surface area (Å²) >= 11 is 0. The SMILES string of the molecule is CC1CCN(S(=O)(=O)c2cc(C(=O)Nc3cc(F)c(F)c(F)c3)ccc2CO)CC1. The van der Waals surface area contributed by atoms with Crippen molar-refractivity contribution < 1.29 is 31.5 Å². The summed E-state index contributed by atoms with van der Waals surface area (Å²) in [5.41, 5.74) is -0.289. The van der Waals surface area contributed by atoms with Gasteiger partial charge in [-0.1, -0.05) is 13.0 Å². The Morgan fingerprint density at radius 2 is 1.73 bits per heavy atom. The molecule has 1 saturated heterocycles. The van der Waals surface area contributed by atoms with Crippen LogP contribution in [0.5, 0.6) is 0 Å². The summed E-state index contributed by atoms with van der Waals surface area (Å²) in [6, 6.07) is 4.94. The number of hydrogen-bond donors (Lipinski definition) is 2. The molecule has 1 fully saturated rings. The highest BCUT2D eigenvalue weighted by atomic mass is 32.2. The Morgan fingerprint density at radius 3 is 2.30 bits per heavy atom. The lowest BCUT2D eigenvalue weighted by atomic mass is 10.0. The molecule has 2 N–H and O–H groups in total. The van der Waals surface area contributed by atoms with E-state index < -0.39 is 40.0 Å². The van der Waals surface area contributed by atoms with Crippen LogP contribution in [0.2, 0.25) is 0 Å². The predicted molar refractivity (Wildman–Crippen MR) is 104 cm³/mol. The van der Waals surface area contributed by atoms with Gasteiger partial charge in [0.25, 0.3) is 5.91 Å². The molecule has 162 valence electrons. The summed E-state index contributed by atoms with van der Waals surface area (Å²) in [6.07, 6.45) is 1.41. The van der Waals surface area contributed by atoms with Crippen molar-refractivity contribution in [3.05, 3.63) is 58.9 Å². The molecule has 3 rings (SSSR count). The Kier molecular flexibility index (Phi) is 6.49. The number of aliphatic hydroxyl groups is 1.